The van der Waals surface area contributed by atoms with Crippen molar-refractivity contribution in [2.24, 2.45) is 4.99 Å². The van der Waals surface area contributed by atoms with E-state index < -0.39 is 4.92 Å². The summed E-state index contributed by atoms with van der Waals surface area (Å²) in [5, 5.41) is 10.6. The van der Waals surface area contributed by atoms with Crippen LogP contribution in [0.3, 0.4) is 0 Å². The van der Waals surface area contributed by atoms with Crippen molar-refractivity contribution in [2.75, 3.05) is 0 Å². The minimum atomic E-state index is -0.439. The molecule has 3 rings (SSSR count). The Labute approximate surface area is 146 Å². The number of benzene rings is 2. The molecule has 120 valence electrons. The van der Waals surface area contributed by atoms with Gasteiger partial charge in [0.05, 0.1) is 16.8 Å². The second kappa shape index (κ2) is 6.80. The molecule has 1 heterocycles. The first-order valence-electron chi connectivity index (χ1n) is 7.18. The molecule has 0 amide bonds. The number of aliphatic imine (C=N–C) groups is 1. The third kappa shape index (κ3) is 3.60. The van der Waals surface area contributed by atoms with Crippen LogP contribution in [0.4, 0.5) is 11.4 Å². The van der Waals surface area contributed by atoms with Crippen molar-refractivity contribution in [3.63, 3.8) is 0 Å². The van der Waals surface area contributed by atoms with Crippen LogP contribution >= 0.6 is 15.9 Å². The molecule has 0 fully saturated rings. The molecule has 1 aromatic heterocycles. The van der Waals surface area contributed by atoms with Crippen LogP contribution in [0.25, 0.3) is 11.3 Å². The largest absolute Gasteiger partial charge is 0.455 e. The van der Waals surface area contributed by atoms with Crippen molar-refractivity contribution < 1.29 is 9.34 Å². The van der Waals surface area contributed by atoms with Crippen LogP contribution in [0.5, 0.6) is 0 Å². The second-order valence-corrected chi connectivity index (χ2v) is 6.07. The molecule has 0 saturated carbocycles. The summed E-state index contributed by atoms with van der Waals surface area (Å²) in [5.74, 6) is 1.35. The van der Waals surface area contributed by atoms with Gasteiger partial charge in [-0.2, -0.15) is 0 Å². The number of nitro groups is 1. The number of non-ortho nitro benzene ring substituents is 1. The Morgan fingerprint density at radius 3 is 2.54 bits per heavy atom. The lowest BCUT2D eigenvalue weighted by Crippen LogP contribution is -1.85. The summed E-state index contributed by atoms with van der Waals surface area (Å²) in [6.07, 6.45) is 1.59. The number of furan rings is 1. The SMILES string of the molecule is Cc1ccc(-c2ccc(C=Nc3ccc([N+](=O)[O-])cc3)o2)c(Br)c1. The molecule has 0 radical (unpaired) electrons. The normalized spacial score (nSPS) is 11.1. The number of nitro benzene ring substituents is 1. The summed E-state index contributed by atoms with van der Waals surface area (Å²) in [4.78, 5) is 14.5. The van der Waals surface area contributed by atoms with Gasteiger partial charge in [-0.1, -0.05) is 22.0 Å². The van der Waals surface area contributed by atoms with Gasteiger partial charge in [-0.3, -0.25) is 15.1 Å². The molecular weight excluding hydrogens is 372 g/mol. The Kier molecular flexibility index (Phi) is 4.57. The lowest BCUT2D eigenvalue weighted by molar-refractivity contribution is -0.384. The lowest BCUT2D eigenvalue weighted by Gasteiger charge is -2.01. The molecule has 0 aliphatic heterocycles. The fourth-order valence-corrected chi connectivity index (χ4v) is 2.87. The summed E-state index contributed by atoms with van der Waals surface area (Å²) in [5.41, 5.74) is 2.79. The minimum absolute atomic E-state index is 0.0402. The molecule has 5 nitrogen and oxygen atoms in total. The van der Waals surface area contributed by atoms with Crippen LogP contribution in [-0.2, 0) is 0 Å². The Hall–Kier alpha value is -2.73. The van der Waals surface area contributed by atoms with Crippen LogP contribution in [0, 0.1) is 17.0 Å². The van der Waals surface area contributed by atoms with Gasteiger partial charge in [0, 0.05) is 22.2 Å². The number of nitrogens with zero attached hydrogens (tertiary/aromatic N) is 2. The van der Waals surface area contributed by atoms with E-state index in [9.17, 15) is 10.1 Å². The topological polar surface area (TPSA) is 68.6 Å². The Morgan fingerprint density at radius 2 is 1.88 bits per heavy atom. The predicted molar refractivity (Wildman–Crippen MR) is 96.9 cm³/mol. The Bertz CT molecular complexity index is 914. The molecular formula is C18H13BrN2O3. The molecule has 0 saturated heterocycles. The summed E-state index contributed by atoms with van der Waals surface area (Å²) in [6, 6.07) is 15.8. The second-order valence-electron chi connectivity index (χ2n) is 5.22. The van der Waals surface area contributed by atoms with Gasteiger partial charge >= 0.3 is 0 Å². The summed E-state index contributed by atoms with van der Waals surface area (Å²) < 4.78 is 6.75. The van der Waals surface area contributed by atoms with E-state index in [4.69, 9.17) is 4.42 Å². The van der Waals surface area contributed by atoms with Crippen molar-refractivity contribution in [3.8, 4) is 11.3 Å². The van der Waals surface area contributed by atoms with Crippen molar-refractivity contribution in [3.05, 3.63) is 80.5 Å². The van der Waals surface area contributed by atoms with Crippen molar-refractivity contribution in [1.29, 1.82) is 0 Å². The number of hydrogen-bond acceptors (Lipinski definition) is 4. The van der Waals surface area contributed by atoms with Crippen LogP contribution in [-0.4, -0.2) is 11.1 Å². The van der Waals surface area contributed by atoms with Gasteiger partial charge in [0.2, 0.25) is 0 Å². The van der Waals surface area contributed by atoms with E-state index in [2.05, 4.69) is 20.9 Å². The third-order valence-corrected chi connectivity index (χ3v) is 4.07. The average molecular weight is 385 g/mol. The zero-order valence-electron chi connectivity index (χ0n) is 12.8. The molecule has 0 unspecified atom stereocenters. The number of aryl methyl sites for hydroxylation is 1. The highest BCUT2D eigenvalue weighted by atomic mass is 79.9. The van der Waals surface area contributed by atoms with Gasteiger partial charge < -0.3 is 4.42 Å². The van der Waals surface area contributed by atoms with Gasteiger partial charge in [0.15, 0.2) is 0 Å². The van der Waals surface area contributed by atoms with Gasteiger partial charge in [0.1, 0.15) is 11.5 Å². The lowest BCUT2D eigenvalue weighted by atomic mass is 10.1. The fraction of sp³-hybridized carbons (Fsp3) is 0.0556. The highest BCUT2D eigenvalue weighted by Crippen LogP contribution is 2.30. The summed E-state index contributed by atoms with van der Waals surface area (Å²) in [6.45, 7) is 2.03. The van der Waals surface area contributed by atoms with E-state index in [-0.39, 0.29) is 5.69 Å². The summed E-state index contributed by atoms with van der Waals surface area (Å²) in [7, 11) is 0. The molecule has 2 aromatic carbocycles. The van der Waals surface area contributed by atoms with Crippen molar-refractivity contribution >= 4 is 33.5 Å². The van der Waals surface area contributed by atoms with Crippen LogP contribution in [0.15, 0.2) is 68.5 Å². The first kappa shape index (κ1) is 16.1. The maximum Gasteiger partial charge on any atom is 0.269 e. The van der Waals surface area contributed by atoms with E-state index in [0.717, 1.165) is 21.4 Å². The maximum absolute atomic E-state index is 10.6. The zero-order valence-corrected chi connectivity index (χ0v) is 14.4. The van der Waals surface area contributed by atoms with Gasteiger partial charge in [-0.05, 0) is 48.9 Å². The van der Waals surface area contributed by atoms with Gasteiger partial charge in [0.25, 0.3) is 5.69 Å². The van der Waals surface area contributed by atoms with E-state index in [1.54, 1.807) is 18.3 Å². The molecule has 0 aliphatic carbocycles. The molecule has 0 N–H and O–H groups in total. The highest BCUT2D eigenvalue weighted by Gasteiger charge is 2.08. The van der Waals surface area contributed by atoms with E-state index in [1.807, 2.05) is 37.3 Å². The van der Waals surface area contributed by atoms with E-state index >= 15 is 0 Å². The smallest absolute Gasteiger partial charge is 0.269 e. The Morgan fingerprint density at radius 1 is 1.12 bits per heavy atom. The summed E-state index contributed by atoms with van der Waals surface area (Å²) >= 11 is 3.54. The van der Waals surface area contributed by atoms with Crippen LogP contribution in [0.2, 0.25) is 0 Å². The molecule has 0 spiro atoms. The predicted octanol–water partition coefficient (Wildman–Crippen LogP) is 5.68. The molecule has 0 aliphatic rings. The van der Waals surface area contributed by atoms with Crippen molar-refractivity contribution in [2.45, 2.75) is 6.92 Å². The first-order chi connectivity index (χ1) is 11.5. The third-order valence-electron chi connectivity index (χ3n) is 3.42. The van der Waals surface area contributed by atoms with Gasteiger partial charge in [-0.25, -0.2) is 0 Å². The minimum Gasteiger partial charge on any atom is -0.455 e. The van der Waals surface area contributed by atoms with E-state index in [1.165, 1.54) is 12.1 Å². The zero-order chi connectivity index (χ0) is 17.1. The van der Waals surface area contributed by atoms with E-state index in [0.29, 0.717) is 11.4 Å². The number of halogens is 1. The average Bonchev–Trinajstić information content (AvgIpc) is 3.02. The molecule has 0 atom stereocenters. The maximum atomic E-state index is 10.6. The molecule has 0 bridgehead atoms. The monoisotopic (exact) mass is 384 g/mol. The van der Waals surface area contributed by atoms with Crippen LogP contribution < -0.4 is 0 Å². The molecule has 3 aromatic rings. The fourth-order valence-electron chi connectivity index (χ4n) is 2.19. The quantitative estimate of drug-likeness (QED) is 0.330. The highest BCUT2D eigenvalue weighted by molar-refractivity contribution is 9.10. The molecule has 6 heteroatoms. The molecule has 24 heavy (non-hydrogen) atoms. The number of hydrogen-bond donors (Lipinski definition) is 0. The van der Waals surface area contributed by atoms with Crippen LogP contribution in [0.1, 0.15) is 11.3 Å². The van der Waals surface area contributed by atoms with Crippen molar-refractivity contribution in [1.82, 2.24) is 0 Å². The number of rotatable bonds is 4. The Balaban J connectivity index is 1.79. The first-order valence-corrected chi connectivity index (χ1v) is 7.97. The standard InChI is InChI=1S/C18H13BrN2O3/c1-12-2-8-16(17(19)10-12)18-9-7-15(24-18)11-20-13-3-5-14(6-4-13)21(22)23/h2-11H,1H3. The van der Waals surface area contributed by atoms with Gasteiger partial charge in [-0.15, -0.1) is 0 Å².